The molecule has 9 heteroatoms. The first-order valence-corrected chi connectivity index (χ1v) is 11.8. The lowest BCUT2D eigenvalue weighted by Crippen LogP contribution is -2.47. The molecule has 1 atom stereocenters. The average Bonchev–Trinajstić information content (AvgIpc) is 3.24. The van der Waals surface area contributed by atoms with E-state index >= 15 is 0 Å². The Kier molecular flexibility index (Phi) is 6.72. The van der Waals surface area contributed by atoms with E-state index in [0.29, 0.717) is 40.6 Å². The predicted molar refractivity (Wildman–Crippen MR) is 135 cm³/mol. The zero-order valence-corrected chi connectivity index (χ0v) is 20.3. The summed E-state index contributed by atoms with van der Waals surface area (Å²) in [6.07, 6.45) is 2.84. The summed E-state index contributed by atoms with van der Waals surface area (Å²) in [6.45, 7) is 6.71. The van der Waals surface area contributed by atoms with E-state index in [0.717, 1.165) is 42.6 Å². The molecule has 2 aromatic heterocycles. The molecule has 1 saturated heterocycles. The van der Waals surface area contributed by atoms with Crippen LogP contribution in [0, 0.1) is 6.92 Å². The Balaban J connectivity index is 1.32. The topological polar surface area (TPSA) is 96.0 Å². The maximum absolute atomic E-state index is 10.5. The molecule has 1 aliphatic rings. The van der Waals surface area contributed by atoms with Gasteiger partial charge in [0, 0.05) is 55.9 Å². The number of benzene rings is 2. The molecule has 0 amide bonds. The molecule has 5 rings (SSSR count). The van der Waals surface area contributed by atoms with Gasteiger partial charge >= 0.3 is 0 Å². The van der Waals surface area contributed by atoms with Gasteiger partial charge in [0.2, 0.25) is 5.88 Å². The van der Waals surface area contributed by atoms with E-state index in [1.54, 1.807) is 13.2 Å². The molecule has 35 heavy (non-hydrogen) atoms. The molecule has 2 N–H and O–H groups in total. The second-order valence-electron chi connectivity index (χ2n) is 9.05. The van der Waals surface area contributed by atoms with Gasteiger partial charge in [-0.2, -0.15) is 0 Å². The van der Waals surface area contributed by atoms with Gasteiger partial charge in [-0.3, -0.25) is 4.90 Å². The highest BCUT2D eigenvalue weighted by Gasteiger charge is 2.19. The Morgan fingerprint density at radius 1 is 1.06 bits per heavy atom. The number of nitrogens with one attached hydrogen (secondary N) is 1. The van der Waals surface area contributed by atoms with Gasteiger partial charge in [0.1, 0.15) is 24.8 Å². The molecule has 3 heterocycles. The van der Waals surface area contributed by atoms with Crippen molar-refractivity contribution in [3.05, 3.63) is 48.4 Å². The molecule has 2 aromatic carbocycles. The standard InChI is InChI=1S/C26H31N5O4/c1-17-13-27-22-5-4-19(10-20(17)22)35-26-21-11-24(33-3)25(12-23(21)28-16-29-26)34-15-18(32)14-31-8-6-30(2)7-9-31/h4-5,10-13,16,18,27,32H,6-9,14-15H2,1-3H3/t18-/m1/s1. The number of H-pyrrole nitrogens is 1. The molecule has 0 unspecified atom stereocenters. The van der Waals surface area contributed by atoms with Crippen molar-refractivity contribution >= 4 is 21.8 Å². The van der Waals surface area contributed by atoms with Crippen molar-refractivity contribution in [1.82, 2.24) is 24.8 Å². The first-order valence-electron chi connectivity index (χ1n) is 11.8. The van der Waals surface area contributed by atoms with Crippen LogP contribution in [0.1, 0.15) is 5.56 Å². The van der Waals surface area contributed by atoms with Crippen LogP contribution in [-0.4, -0.2) is 89.5 Å². The molecular formula is C26H31N5O4. The SMILES string of the molecule is COc1cc2c(Oc3ccc4[nH]cc(C)c4c3)ncnc2cc1OC[C@H](O)CN1CCN(C)CC1. The molecule has 4 aromatic rings. The molecule has 0 aliphatic carbocycles. The number of aryl methyl sites for hydroxylation is 1. The van der Waals surface area contributed by atoms with Crippen LogP contribution >= 0.6 is 0 Å². The van der Waals surface area contributed by atoms with E-state index in [2.05, 4.69) is 38.7 Å². The van der Waals surface area contributed by atoms with Crippen LogP contribution in [-0.2, 0) is 0 Å². The summed E-state index contributed by atoms with van der Waals surface area (Å²) in [5.41, 5.74) is 2.87. The van der Waals surface area contributed by atoms with Gasteiger partial charge in [-0.1, -0.05) is 0 Å². The summed E-state index contributed by atoms with van der Waals surface area (Å²) in [7, 11) is 3.70. The van der Waals surface area contributed by atoms with Crippen molar-refractivity contribution in [2.75, 3.05) is 53.5 Å². The Morgan fingerprint density at radius 2 is 1.89 bits per heavy atom. The fourth-order valence-corrected chi connectivity index (χ4v) is 4.38. The number of β-amino-alcohol motifs (C(OH)–C–C–N with tert-alkyl or cyclic N) is 1. The maximum Gasteiger partial charge on any atom is 0.230 e. The number of aliphatic hydroxyl groups excluding tert-OH is 1. The number of hydrogen-bond donors (Lipinski definition) is 2. The smallest absolute Gasteiger partial charge is 0.230 e. The summed E-state index contributed by atoms with van der Waals surface area (Å²) in [6, 6.07) is 9.49. The van der Waals surface area contributed by atoms with Crippen LogP contribution in [0.4, 0.5) is 0 Å². The van der Waals surface area contributed by atoms with Crippen LogP contribution in [0.5, 0.6) is 23.1 Å². The lowest BCUT2D eigenvalue weighted by Gasteiger charge is -2.33. The number of aromatic amines is 1. The van der Waals surface area contributed by atoms with Gasteiger partial charge in [0.25, 0.3) is 0 Å². The van der Waals surface area contributed by atoms with Crippen molar-refractivity contribution in [2.45, 2.75) is 13.0 Å². The largest absolute Gasteiger partial charge is 0.493 e. The predicted octanol–water partition coefficient (Wildman–Crippen LogP) is 3.21. The van der Waals surface area contributed by atoms with Gasteiger partial charge in [0.05, 0.1) is 18.0 Å². The molecule has 1 aliphatic heterocycles. The highest BCUT2D eigenvalue weighted by Crippen LogP contribution is 2.36. The third-order valence-corrected chi connectivity index (χ3v) is 6.45. The van der Waals surface area contributed by atoms with Crippen molar-refractivity contribution in [3.63, 3.8) is 0 Å². The number of aliphatic hydroxyl groups is 1. The summed E-state index contributed by atoms with van der Waals surface area (Å²) in [5.74, 6) is 2.17. The van der Waals surface area contributed by atoms with Crippen molar-refractivity contribution < 1.29 is 19.3 Å². The number of nitrogens with zero attached hydrogens (tertiary/aromatic N) is 4. The number of fused-ring (bicyclic) bond motifs is 2. The highest BCUT2D eigenvalue weighted by molar-refractivity contribution is 5.88. The number of likely N-dealkylation sites (N-methyl/N-ethyl adjacent to an activating group) is 1. The first kappa shape index (κ1) is 23.3. The zero-order chi connectivity index (χ0) is 24.4. The van der Waals surface area contributed by atoms with Gasteiger partial charge in [-0.05, 0) is 43.8 Å². The molecule has 9 nitrogen and oxygen atoms in total. The lowest BCUT2D eigenvalue weighted by molar-refractivity contribution is 0.0498. The molecule has 0 saturated carbocycles. The summed E-state index contributed by atoms with van der Waals surface area (Å²) < 4.78 is 17.7. The molecule has 0 spiro atoms. The van der Waals surface area contributed by atoms with Crippen LogP contribution in [0.2, 0.25) is 0 Å². The van der Waals surface area contributed by atoms with E-state index in [9.17, 15) is 5.11 Å². The number of rotatable bonds is 8. The van der Waals surface area contributed by atoms with E-state index < -0.39 is 6.10 Å². The number of hydrogen-bond acceptors (Lipinski definition) is 8. The third kappa shape index (κ3) is 5.17. The maximum atomic E-state index is 10.5. The lowest BCUT2D eigenvalue weighted by atomic mass is 10.2. The van der Waals surface area contributed by atoms with Gasteiger partial charge in [-0.25, -0.2) is 9.97 Å². The molecule has 1 fully saturated rings. The normalized spacial score (nSPS) is 16.0. The summed E-state index contributed by atoms with van der Waals surface area (Å²) in [5, 5.41) is 12.3. The van der Waals surface area contributed by atoms with Crippen LogP contribution < -0.4 is 14.2 Å². The minimum atomic E-state index is -0.602. The van der Waals surface area contributed by atoms with E-state index in [-0.39, 0.29) is 6.61 Å². The Bertz CT molecular complexity index is 1320. The summed E-state index contributed by atoms with van der Waals surface area (Å²) >= 11 is 0. The van der Waals surface area contributed by atoms with Crippen molar-refractivity contribution in [3.8, 4) is 23.1 Å². The molecule has 184 valence electrons. The fraction of sp³-hybridized carbons (Fsp3) is 0.385. The van der Waals surface area contributed by atoms with Gasteiger partial charge < -0.3 is 29.2 Å². The average molecular weight is 478 g/mol. The van der Waals surface area contributed by atoms with Crippen molar-refractivity contribution in [2.24, 2.45) is 0 Å². The third-order valence-electron chi connectivity index (χ3n) is 6.45. The van der Waals surface area contributed by atoms with Gasteiger partial charge in [-0.15, -0.1) is 0 Å². The quantitative estimate of drug-likeness (QED) is 0.400. The minimum Gasteiger partial charge on any atom is -0.493 e. The molecule has 0 bridgehead atoms. The second-order valence-corrected chi connectivity index (χ2v) is 9.05. The molecule has 0 radical (unpaired) electrons. The Morgan fingerprint density at radius 3 is 2.69 bits per heavy atom. The Hall–Kier alpha value is -3.40. The van der Waals surface area contributed by atoms with E-state index in [1.807, 2.05) is 30.5 Å². The number of piperazine rings is 1. The number of methoxy groups -OCH3 is 1. The van der Waals surface area contributed by atoms with Crippen LogP contribution in [0.3, 0.4) is 0 Å². The van der Waals surface area contributed by atoms with E-state index in [4.69, 9.17) is 14.2 Å². The minimum absolute atomic E-state index is 0.165. The molecular weight excluding hydrogens is 446 g/mol. The number of aromatic nitrogens is 3. The first-order chi connectivity index (χ1) is 17.0. The van der Waals surface area contributed by atoms with Crippen molar-refractivity contribution in [1.29, 1.82) is 0 Å². The zero-order valence-electron chi connectivity index (χ0n) is 20.3. The van der Waals surface area contributed by atoms with Crippen LogP contribution in [0.25, 0.3) is 21.8 Å². The van der Waals surface area contributed by atoms with Crippen LogP contribution in [0.15, 0.2) is 42.9 Å². The van der Waals surface area contributed by atoms with E-state index in [1.165, 1.54) is 6.33 Å². The fourth-order valence-electron chi connectivity index (χ4n) is 4.38. The summed E-state index contributed by atoms with van der Waals surface area (Å²) in [4.78, 5) is 16.5. The monoisotopic (exact) mass is 477 g/mol. The highest BCUT2D eigenvalue weighted by atomic mass is 16.5. The number of ether oxygens (including phenoxy) is 3. The van der Waals surface area contributed by atoms with Gasteiger partial charge in [0.15, 0.2) is 11.5 Å². The second kappa shape index (κ2) is 10.1. The Labute approximate surface area is 204 Å².